The zero-order chi connectivity index (χ0) is 13.1. The summed E-state index contributed by atoms with van der Waals surface area (Å²) in [6, 6.07) is 7.70. The van der Waals surface area contributed by atoms with Crippen LogP contribution in [0.1, 0.15) is 5.56 Å². The van der Waals surface area contributed by atoms with Crippen molar-refractivity contribution in [1.29, 1.82) is 0 Å². The monoisotopic (exact) mass is 243 g/mol. The Morgan fingerprint density at radius 3 is 2.50 bits per heavy atom. The third kappa shape index (κ3) is 2.48. The predicted octanol–water partition coefficient (Wildman–Crippen LogP) is 1.97. The first-order valence-corrected chi connectivity index (χ1v) is 5.50. The molecule has 0 atom stereocenters. The molecule has 0 amide bonds. The molecule has 4 nitrogen and oxygen atoms in total. The molecular formula is C14H13NO3. The molecule has 2 rings (SSSR count). The lowest BCUT2D eigenvalue weighted by Crippen LogP contribution is -2.19. The number of methoxy groups -OCH3 is 1. The molecule has 1 aliphatic carbocycles. The van der Waals surface area contributed by atoms with Crippen molar-refractivity contribution < 1.29 is 14.3 Å². The Morgan fingerprint density at radius 2 is 1.83 bits per heavy atom. The number of allylic oxidation sites excluding steroid dienone is 2. The molecule has 0 aromatic heterocycles. The van der Waals surface area contributed by atoms with Crippen LogP contribution < -0.4 is 5.32 Å². The number of rotatable bonds is 3. The number of benzene rings is 1. The second-order valence-corrected chi connectivity index (χ2v) is 3.99. The second-order valence-electron chi connectivity index (χ2n) is 3.99. The van der Waals surface area contributed by atoms with E-state index < -0.39 is 11.6 Å². The number of hydrogen-bond donors (Lipinski definition) is 1. The van der Waals surface area contributed by atoms with Crippen molar-refractivity contribution in [2.24, 2.45) is 0 Å². The molecule has 0 fully saturated rings. The van der Waals surface area contributed by atoms with Crippen LogP contribution in [-0.2, 0) is 14.3 Å². The van der Waals surface area contributed by atoms with E-state index in [1.807, 2.05) is 31.2 Å². The molecule has 0 saturated carbocycles. The van der Waals surface area contributed by atoms with Crippen molar-refractivity contribution in [3.8, 4) is 0 Å². The Hall–Kier alpha value is -2.36. The van der Waals surface area contributed by atoms with E-state index in [4.69, 9.17) is 4.74 Å². The maximum Gasteiger partial charge on any atom is 0.229 e. The average Bonchev–Trinajstić information content (AvgIpc) is 2.33. The number of hydrogen-bond acceptors (Lipinski definition) is 4. The summed E-state index contributed by atoms with van der Waals surface area (Å²) in [5.41, 5.74) is 2.43. The van der Waals surface area contributed by atoms with Gasteiger partial charge in [-0.25, -0.2) is 0 Å². The SMILES string of the molecule is COC1=CC(=O)C(=O)C=C1Nc1cccc(C)c1. The van der Waals surface area contributed by atoms with Gasteiger partial charge in [-0.3, -0.25) is 9.59 Å². The number of aryl methyl sites for hydroxylation is 1. The molecule has 92 valence electrons. The van der Waals surface area contributed by atoms with Crippen molar-refractivity contribution in [3.05, 3.63) is 53.4 Å². The van der Waals surface area contributed by atoms with Crippen molar-refractivity contribution in [2.75, 3.05) is 12.4 Å². The molecule has 0 bridgehead atoms. The molecule has 0 aliphatic heterocycles. The molecule has 0 radical (unpaired) electrons. The normalized spacial score (nSPS) is 15.0. The average molecular weight is 243 g/mol. The number of carbonyl (C=O) groups excluding carboxylic acids is 2. The first-order valence-electron chi connectivity index (χ1n) is 5.50. The van der Waals surface area contributed by atoms with Crippen molar-refractivity contribution >= 4 is 17.3 Å². The Balaban J connectivity index is 2.28. The first kappa shape index (κ1) is 12.1. The number of nitrogens with one attached hydrogen (secondary N) is 1. The lowest BCUT2D eigenvalue weighted by atomic mass is 10.1. The van der Waals surface area contributed by atoms with Crippen LogP contribution in [0.2, 0.25) is 0 Å². The van der Waals surface area contributed by atoms with E-state index in [1.165, 1.54) is 19.3 Å². The standard InChI is InChI=1S/C14H13NO3/c1-9-4-3-5-10(6-9)15-11-7-12(16)13(17)8-14(11)18-2/h3-8,15H,1-2H3. The fourth-order valence-corrected chi connectivity index (χ4v) is 1.69. The summed E-state index contributed by atoms with van der Waals surface area (Å²) in [7, 11) is 1.46. The number of ketones is 2. The van der Waals surface area contributed by atoms with Crippen molar-refractivity contribution in [3.63, 3.8) is 0 Å². The Kier molecular flexibility index (Phi) is 3.28. The third-order valence-corrected chi connectivity index (χ3v) is 2.56. The van der Waals surface area contributed by atoms with E-state index in [0.717, 1.165) is 11.3 Å². The van der Waals surface area contributed by atoms with Gasteiger partial charge in [0.1, 0.15) is 5.76 Å². The van der Waals surface area contributed by atoms with E-state index in [9.17, 15) is 9.59 Å². The maximum atomic E-state index is 11.4. The molecule has 0 saturated heterocycles. The Labute approximate surface area is 105 Å². The second kappa shape index (κ2) is 4.87. The topological polar surface area (TPSA) is 55.4 Å². The number of carbonyl (C=O) groups is 2. The van der Waals surface area contributed by atoms with Gasteiger partial charge in [-0.1, -0.05) is 12.1 Å². The molecular weight excluding hydrogens is 230 g/mol. The minimum Gasteiger partial charge on any atom is -0.494 e. The van der Waals surface area contributed by atoms with Crippen LogP contribution in [0.4, 0.5) is 5.69 Å². The molecule has 1 aromatic carbocycles. The van der Waals surface area contributed by atoms with E-state index in [1.54, 1.807) is 0 Å². The summed E-state index contributed by atoms with van der Waals surface area (Å²) < 4.78 is 5.08. The Morgan fingerprint density at radius 1 is 1.11 bits per heavy atom. The highest BCUT2D eigenvalue weighted by molar-refractivity contribution is 6.46. The number of anilines is 1. The number of ether oxygens (including phenoxy) is 1. The summed E-state index contributed by atoms with van der Waals surface area (Å²) in [6.07, 6.45) is 2.45. The maximum absolute atomic E-state index is 11.4. The van der Waals surface area contributed by atoms with E-state index >= 15 is 0 Å². The first-order chi connectivity index (χ1) is 8.60. The zero-order valence-electron chi connectivity index (χ0n) is 10.2. The van der Waals surface area contributed by atoms with Gasteiger partial charge < -0.3 is 10.1 Å². The highest BCUT2D eigenvalue weighted by Crippen LogP contribution is 2.20. The smallest absolute Gasteiger partial charge is 0.229 e. The molecule has 1 aliphatic rings. The molecule has 0 spiro atoms. The lowest BCUT2D eigenvalue weighted by molar-refractivity contribution is -0.131. The zero-order valence-corrected chi connectivity index (χ0v) is 10.2. The fourth-order valence-electron chi connectivity index (χ4n) is 1.69. The largest absolute Gasteiger partial charge is 0.494 e. The van der Waals surface area contributed by atoms with Crippen molar-refractivity contribution in [1.82, 2.24) is 0 Å². The van der Waals surface area contributed by atoms with Crippen LogP contribution >= 0.6 is 0 Å². The van der Waals surface area contributed by atoms with Crippen LogP contribution in [0.5, 0.6) is 0 Å². The van der Waals surface area contributed by atoms with Crippen LogP contribution in [0.25, 0.3) is 0 Å². The van der Waals surface area contributed by atoms with Gasteiger partial charge in [0, 0.05) is 17.8 Å². The minimum atomic E-state index is -0.568. The van der Waals surface area contributed by atoms with Gasteiger partial charge in [0.2, 0.25) is 11.6 Å². The summed E-state index contributed by atoms with van der Waals surface area (Å²) in [6.45, 7) is 1.97. The van der Waals surface area contributed by atoms with Gasteiger partial charge in [-0.15, -0.1) is 0 Å². The summed E-state index contributed by atoms with van der Waals surface area (Å²) >= 11 is 0. The summed E-state index contributed by atoms with van der Waals surface area (Å²) in [4.78, 5) is 22.6. The summed E-state index contributed by atoms with van der Waals surface area (Å²) in [5.74, 6) is -0.756. The molecule has 4 heteroatoms. The van der Waals surface area contributed by atoms with Crippen LogP contribution in [-0.4, -0.2) is 18.7 Å². The predicted molar refractivity (Wildman–Crippen MR) is 68.0 cm³/mol. The highest BCUT2D eigenvalue weighted by atomic mass is 16.5. The quantitative estimate of drug-likeness (QED) is 0.651. The van der Waals surface area contributed by atoms with Gasteiger partial charge in [-0.05, 0) is 24.6 Å². The van der Waals surface area contributed by atoms with Gasteiger partial charge in [0.05, 0.1) is 12.8 Å². The Bertz CT molecular complexity index is 570. The van der Waals surface area contributed by atoms with E-state index in [0.29, 0.717) is 11.5 Å². The third-order valence-electron chi connectivity index (χ3n) is 2.56. The molecule has 0 heterocycles. The van der Waals surface area contributed by atoms with Gasteiger partial charge in [0.25, 0.3) is 0 Å². The van der Waals surface area contributed by atoms with Crippen LogP contribution in [0.3, 0.4) is 0 Å². The molecule has 1 N–H and O–H groups in total. The molecule has 1 aromatic rings. The van der Waals surface area contributed by atoms with Crippen LogP contribution in [0, 0.1) is 6.92 Å². The fraction of sp³-hybridized carbons (Fsp3) is 0.143. The minimum absolute atomic E-state index is 0.362. The van der Waals surface area contributed by atoms with E-state index in [2.05, 4.69) is 5.32 Å². The van der Waals surface area contributed by atoms with Crippen LogP contribution in [0.15, 0.2) is 47.9 Å². The van der Waals surface area contributed by atoms with Gasteiger partial charge in [0.15, 0.2) is 0 Å². The van der Waals surface area contributed by atoms with E-state index in [-0.39, 0.29) is 0 Å². The summed E-state index contributed by atoms with van der Waals surface area (Å²) in [5, 5.41) is 3.07. The van der Waals surface area contributed by atoms with Gasteiger partial charge in [-0.2, -0.15) is 0 Å². The van der Waals surface area contributed by atoms with Gasteiger partial charge >= 0.3 is 0 Å². The molecule has 18 heavy (non-hydrogen) atoms. The molecule has 0 unspecified atom stereocenters. The lowest BCUT2D eigenvalue weighted by Gasteiger charge is -2.16. The van der Waals surface area contributed by atoms with Crippen molar-refractivity contribution in [2.45, 2.75) is 6.92 Å². The highest BCUT2D eigenvalue weighted by Gasteiger charge is 2.20.